The first-order chi connectivity index (χ1) is 10.7. The molecule has 1 spiro atoms. The fraction of sp³-hybridized carbons (Fsp3) is 0.700. The number of likely N-dealkylation sites (tertiary alicyclic amines) is 1. The van der Waals surface area contributed by atoms with E-state index in [4.69, 9.17) is 0 Å². The number of piperidine rings is 1. The molecule has 3 unspecified atom stereocenters. The zero-order valence-electron chi connectivity index (χ0n) is 13.8. The van der Waals surface area contributed by atoms with Crippen molar-refractivity contribution in [1.82, 2.24) is 4.90 Å². The van der Waals surface area contributed by atoms with Crippen molar-refractivity contribution in [2.45, 2.75) is 56.9 Å². The maximum absolute atomic E-state index is 3.68. The molecule has 0 radical (unpaired) electrons. The van der Waals surface area contributed by atoms with Gasteiger partial charge in [0.2, 0.25) is 0 Å². The lowest BCUT2D eigenvalue weighted by Crippen LogP contribution is -2.49. The third kappa shape index (κ3) is 1.89. The van der Waals surface area contributed by atoms with Crippen molar-refractivity contribution in [1.29, 1.82) is 0 Å². The summed E-state index contributed by atoms with van der Waals surface area (Å²) >= 11 is 0. The van der Waals surface area contributed by atoms with Gasteiger partial charge in [-0.2, -0.15) is 0 Å². The normalized spacial score (nSPS) is 35.8. The smallest absolute Gasteiger partial charge is 0.0379 e. The van der Waals surface area contributed by atoms with E-state index in [1.54, 1.807) is 5.56 Å². The Hall–Kier alpha value is -1.02. The minimum Gasteiger partial charge on any atom is -0.384 e. The molecule has 1 aromatic rings. The van der Waals surface area contributed by atoms with Gasteiger partial charge < -0.3 is 10.2 Å². The molecule has 2 bridgehead atoms. The number of hydrogen-bond donors (Lipinski definition) is 1. The van der Waals surface area contributed by atoms with Gasteiger partial charge in [-0.1, -0.05) is 24.1 Å². The van der Waals surface area contributed by atoms with Crippen molar-refractivity contribution in [3.8, 4) is 0 Å². The number of rotatable bonds is 1. The van der Waals surface area contributed by atoms with Crippen LogP contribution >= 0.6 is 0 Å². The maximum atomic E-state index is 3.68. The van der Waals surface area contributed by atoms with E-state index in [0.717, 1.165) is 24.4 Å². The zero-order valence-corrected chi connectivity index (χ0v) is 13.8. The molecule has 1 N–H and O–H groups in total. The van der Waals surface area contributed by atoms with Crippen LogP contribution in [0.3, 0.4) is 0 Å². The first kappa shape index (κ1) is 13.4. The van der Waals surface area contributed by atoms with E-state index in [9.17, 15) is 0 Å². The second kappa shape index (κ2) is 4.74. The third-order valence-corrected chi connectivity index (χ3v) is 7.29. The van der Waals surface area contributed by atoms with Gasteiger partial charge in [-0.25, -0.2) is 0 Å². The van der Waals surface area contributed by atoms with Gasteiger partial charge in [0.15, 0.2) is 0 Å². The van der Waals surface area contributed by atoms with E-state index in [1.165, 1.54) is 62.9 Å². The van der Waals surface area contributed by atoms with Crippen molar-refractivity contribution in [2.24, 2.45) is 11.8 Å². The Morgan fingerprint density at radius 1 is 1.18 bits per heavy atom. The summed E-state index contributed by atoms with van der Waals surface area (Å²) < 4.78 is 0. The molecule has 5 rings (SSSR count). The number of benzene rings is 1. The van der Waals surface area contributed by atoms with Crippen molar-refractivity contribution in [3.05, 3.63) is 29.3 Å². The van der Waals surface area contributed by atoms with Gasteiger partial charge in [0, 0.05) is 25.1 Å². The molecule has 2 heterocycles. The highest BCUT2D eigenvalue weighted by atomic mass is 15.2. The van der Waals surface area contributed by atoms with E-state index in [-0.39, 0.29) is 1.43 Å². The Bertz CT molecular complexity index is 591. The van der Waals surface area contributed by atoms with Crippen LogP contribution in [-0.4, -0.2) is 30.6 Å². The fourth-order valence-corrected chi connectivity index (χ4v) is 6.00. The molecular weight excluding hydrogens is 268 g/mol. The fourth-order valence-electron chi connectivity index (χ4n) is 6.00. The molecule has 2 aliphatic carbocycles. The second-order valence-corrected chi connectivity index (χ2v) is 8.46. The quantitative estimate of drug-likeness (QED) is 0.836. The van der Waals surface area contributed by atoms with Gasteiger partial charge in [0.1, 0.15) is 0 Å². The van der Waals surface area contributed by atoms with Gasteiger partial charge >= 0.3 is 0 Å². The first-order valence-corrected chi connectivity index (χ1v) is 9.33. The molecule has 2 heteroatoms. The molecule has 2 saturated carbocycles. The highest BCUT2D eigenvalue weighted by molar-refractivity contribution is 5.61. The number of nitrogens with one attached hydrogen (secondary N) is 1. The summed E-state index contributed by atoms with van der Waals surface area (Å²) in [7, 11) is 0. The standard InChI is InChI=1S/C20H28N2.H2/c1-14-2-5-18-17(10-14)20(13-21-18)6-8-22(9-7-20)19-12-15-3-4-16(19)11-15;/h2,5,10,15-16,19,21H,3-4,6-9,11-13H2,1H3;1H. The van der Waals surface area contributed by atoms with Gasteiger partial charge in [-0.05, 0) is 75.6 Å². The van der Waals surface area contributed by atoms with Gasteiger partial charge in [0.05, 0.1) is 0 Å². The number of nitrogens with zero attached hydrogens (tertiary/aromatic N) is 1. The van der Waals surface area contributed by atoms with Crippen LogP contribution in [0.4, 0.5) is 5.69 Å². The van der Waals surface area contributed by atoms with Crippen LogP contribution in [0.5, 0.6) is 0 Å². The molecular formula is C20H30N2. The van der Waals surface area contributed by atoms with E-state index >= 15 is 0 Å². The topological polar surface area (TPSA) is 15.3 Å². The minimum atomic E-state index is 0. The van der Waals surface area contributed by atoms with Crippen LogP contribution in [0.1, 0.15) is 51.1 Å². The lowest BCUT2D eigenvalue weighted by molar-refractivity contribution is 0.0887. The molecule has 2 nitrogen and oxygen atoms in total. The average molecular weight is 298 g/mol. The summed E-state index contributed by atoms with van der Waals surface area (Å²) in [4.78, 5) is 2.86. The number of anilines is 1. The van der Waals surface area contributed by atoms with Crippen LogP contribution < -0.4 is 5.32 Å². The summed E-state index contributed by atoms with van der Waals surface area (Å²) in [5.74, 6) is 2.11. The minimum absolute atomic E-state index is 0. The predicted octanol–water partition coefficient (Wildman–Crippen LogP) is 4.19. The van der Waals surface area contributed by atoms with E-state index in [0.29, 0.717) is 5.41 Å². The summed E-state index contributed by atoms with van der Waals surface area (Å²) in [6.07, 6.45) is 8.78. The summed E-state index contributed by atoms with van der Waals surface area (Å²) in [6.45, 7) is 6.04. The second-order valence-electron chi connectivity index (χ2n) is 8.46. The van der Waals surface area contributed by atoms with Crippen LogP contribution in [0, 0.1) is 18.8 Å². The van der Waals surface area contributed by atoms with E-state index < -0.39 is 0 Å². The molecule has 2 aliphatic heterocycles. The number of hydrogen-bond acceptors (Lipinski definition) is 2. The first-order valence-electron chi connectivity index (χ1n) is 9.33. The van der Waals surface area contributed by atoms with Crippen molar-refractivity contribution >= 4 is 5.69 Å². The third-order valence-electron chi connectivity index (χ3n) is 7.29. The van der Waals surface area contributed by atoms with E-state index in [2.05, 4.69) is 35.3 Å². The highest BCUT2D eigenvalue weighted by Crippen LogP contribution is 2.49. The Morgan fingerprint density at radius 3 is 2.77 bits per heavy atom. The Balaban J connectivity index is 0.00000135. The largest absolute Gasteiger partial charge is 0.384 e. The number of aryl methyl sites for hydroxylation is 1. The summed E-state index contributed by atoms with van der Waals surface area (Å²) in [5, 5.41) is 3.68. The van der Waals surface area contributed by atoms with Crippen LogP contribution in [-0.2, 0) is 5.41 Å². The molecule has 0 amide bonds. The molecule has 0 aromatic heterocycles. The van der Waals surface area contributed by atoms with Crippen molar-refractivity contribution in [2.75, 3.05) is 25.0 Å². The Kier molecular flexibility index (Phi) is 2.89. The molecule has 4 aliphatic rings. The Labute approximate surface area is 135 Å². The lowest BCUT2D eigenvalue weighted by atomic mass is 9.73. The van der Waals surface area contributed by atoms with E-state index in [1.807, 2.05) is 0 Å². The Morgan fingerprint density at radius 2 is 2.05 bits per heavy atom. The monoisotopic (exact) mass is 298 g/mol. The van der Waals surface area contributed by atoms with Gasteiger partial charge in [-0.15, -0.1) is 0 Å². The average Bonchev–Trinajstić information content (AvgIpc) is 3.24. The summed E-state index contributed by atoms with van der Waals surface area (Å²) in [6, 6.07) is 7.92. The molecule has 3 atom stereocenters. The molecule has 22 heavy (non-hydrogen) atoms. The molecule has 1 aromatic carbocycles. The van der Waals surface area contributed by atoms with Crippen LogP contribution in [0.2, 0.25) is 0 Å². The van der Waals surface area contributed by atoms with Crippen LogP contribution in [0.15, 0.2) is 18.2 Å². The zero-order chi connectivity index (χ0) is 14.7. The maximum Gasteiger partial charge on any atom is 0.0379 e. The number of fused-ring (bicyclic) bond motifs is 4. The van der Waals surface area contributed by atoms with Gasteiger partial charge in [-0.3, -0.25) is 0 Å². The van der Waals surface area contributed by atoms with Gasteiger partial charge in [0.25, 0.3) is 0 Å². The summed E-state index contributed by atoms with van der Waals surface area (Å²) in [5.41, 5.74) is 4.85. The van der Waals surface area contributed by atoms with Crippen molar-refractivity contribution in [3.63, 3.8) is 0 Å². The molecule has 3 fully saturated rings. The van der Waals surface area contributed by atoms with Crippen molar-refractivity contribution < 1.29 is 1.43 Å². The predicted molar refractivity (Wildman–Crippen MR) is 93.5 cm³/mol. The highest BCUT2D eigenvalue weighted by Gasteiger charge is 2.46. The molecule has 120 valence electrons. The lowest BCUT2D eigenvalue weighted by Gasteiger charge is -2.44. The van der Waals surface area contributed by atoms with Crippen LogP contribution in [0.25, 0.3) is 0 Å². The molecule has 1 saturated heterocycles. The SMILES string of the molecule is Cc1ccc2c(c1)C1(CCN(C3CC4CCC3C4)CC1)CN2.[HH].